The molecule has 2 aromatic heterocycles. The zero-order valence-electron chi connectivity index (χ0n) is 12.8. The van der Waals surface area contributed by atoms with E-state index in [1.54, 1.807) is 11.3 Å². The molecule has 1 aromatic carbocycles. The summed E-state index contributed by atoms with van der Waals surface area (Å²) in [5, 5.41) is 4.10. The quantitative estimate of drug-likeness (QED) is 0.764. The molecule has 23 heavy (non-hydrogen) atoms. The molecule has 1 aliphatic rings. The maximum Gasteiger partial charge on any atom is 0.257 e. The number of aromatic nitrogens is 2. The Morgan fingerprint density at radius 3 is 2.91 bits per heavy atom. The lowest BCUT2D eigenvalue weighted by molar-refractivity contribution is 0.102. The number of carbonyl (C=O) groups is 1. The first-order chi connectivity index (χ1) is 11.3. The Bertz CT molecular complexity index is 864. The second kappa shape index (κ2) is 5.66. The van der Waals surface area contributed by atoms with Gasteiger partial charge in [0.2, 0.25) is 0 Å². The van der Waals surface area contributed by atoms with Crippen molar-refractivity contribution < 1.29 is 4.79 Å². The number of hydrogen-bond acceptors (Lipinski definition) is 3. The Hall–Kier alpha value is -2.40. The third-order valence-electron chi connectivity index (χ3n) is 4.12. The molecule has 0 atom stereocenters. The number of anilines is 1. The molecule has 1 aliphatic carbocycles. The summed E-state index contributed by atoms with van der Waals surface area (Å²) in [6, 6.07) is 9.53. The third-order valence-corrected chi connectivity index (χ3v) is 5.38. The lowest BCUT2D eigenvalue weighted by Gasteiger charge is -2.12. The van der Waals surface area contributed by atoms with Gasteiger partial charge in [0.1, 0.15) is 0 Å². The highest BCUT2D eigenvalue weighted by Crippen LogP contribution is 2.38. The highest BCUT2D eigenvalue weighted by atomic mass is 32.1. The normalized spacial score (nSPS) is 12.6. The third kappa shape index (κ3) is 2.47. The van der Waals surface area contributed by atoms with Crippen LogP contribution in [-0.2, 0) is 19.3 Å². The highest BCUT2D eigenvalue weighted by Gasteiger charge is 2.27. The molecule has 2 N–H and O–H groups in total. The summed E-state index contributed by atoms with van der Waals surface area (Å²) in [6.45, 7) is 2.12. The molecule has 5 heteroatoms. The average Bonchev–Trinajstić information content (AvgIpc) is 3.18. The SMILES string of the molecule is CCc1nc2c(s1)CCc1[nH]cc(C(=O)Nc3ccccc3)c1-2. The number of carbonyl (C=O) groups excluding carboxylic acids is 1. The summed E-state index contributed by atoms with van der Waals surface area (Å²) in [7, 11) is 0. The van der Waals surface area contributed by atoms with Crippen molar-refractivity contribution in [2.45, 2.75) is 26.2 Å². The number of rotatable bonds is 3. The lowest BCUT2D eigenvalue weighted by Crippen LogP contribution is -2.13. The second-order valence-corrected chi connectivity index (χ2v) is 6.78. The van der Waals surface area contributed by atoms with E-state index in [1.807, 2.05) is 36.5 Å². The van der Waals surface area contributed by atoms with Crippen LogP contribution in [-0.4, -0.2) is 15.9 Å². The fourth-order valence-electron chi connectivity index (χ4n) is 2.99. The molecule has 0 saturated carbocycles. The van der Waals surface area contributed by atoms with Gasteiger partial charge >= 0.3 is 0 Å². The van der Waals surface area contributed by atoms with Crippen molar-refractivity contribution in [3.8, 4) is 11.3 Å². The Labute approximate surface area is 138 Å². The van der Waals surface area contributed by atoms with Crippen molar-refractivity contribution in [3.05, 3.63) is 57.7 Å². The predicted octanol–water partition coefficient (Wildman–Crippen LogP) is 4.05. The Kier molecular flexibility index (Phi) is 3.50. The standard InChI is InChI=1S/C18H17N3OS/c1-2-15-21-17-14(23-15)9-8-13-16(17)12(10-19-13)18(22)20-11-6-4-3-5-7-11/h3-7,10,19H,2,8-9H2,1H3,(H,20,22). The molecular formula is C18H17N3OS. The summed E-state index contributed by atoms with van der Waals surface area (Å²) in [5.74, 6) is -0.0902. The van der Waals surface area contributed by atoms with Gasteiger partial charge in [-0.2, -0.15) is 0 Å². The van der Waals surface area contributed by atoms with Gasteiger partial charge in [-0.1, -0.05) is 25.1 Å². The lowest BCUT2D eigenvalue weighted by atomic mass is 9.96. The van der Waals surface area contributed by atoms with E-state index in [1.165, 1.54) is 4.88 Å². The molecule has 0 radical (unpaired) electrons. The molecule has 2 heterocycles. The van der Waals surface area contributed by atoms with Gasteiger partial charge in [0, 0.05) is 28.0 Å². The van der Waals surface area contributed by atoms with Crippen LogP contribution >= 0.6 is 11.3 Å². The van der Waals surface area contributed by atoms with Crippen molar-refractivity contribution in [2.75, 3.05) is 5.32 Å². The molecule has 0 fully saturated rings. The van der Waals surface area contributed by atoms with Crippen LogP contribution in [0, 0.1) is 0 Å². The fourth-order valence-corrected chi connectivity index (χ4v) is 4.00. The van der Waals surface area contributed by atoms with Crippen molar-refractivity contribution >= 4 is 22.9 Å². The smallest absolute Gasteiger partial charge is 0.257 e. The molecule has 3 aromatic rings. The van der Waals surface area contributed by atoms with Crippen LogP contribution in [0.25, 0.3) is 11.3 Å². The van der Waals surface area contributed by atoms with E-state index >= 15 is 0 Å². The van der Waals surface area contributed by atoms with Crippen LogP contribution in [0.1, 0.15) is 32.9 Å². The molecule has 116 valence electrons. The number of benzene rings is 1. The van der Waals surface area contributed by atoms with Gasteiger partial charge in [-0.3, -0.25) is 4.79 Å². The summed E-state index contributed by atoms with van der Waals surface area (Å²) < 4.78 is 0. The highest BCUT2D eigenvalue weighted by molar-refractivity contribution is 7.12. The van der Waals surface area contributed by atoms with Crippen LogP contribution < -0.4 is 5.32 Å². The Morgan fingerprint density at radius 1 is 1.30 bits per heavy atom. The molecule has 4 rings (SSSR count). The number of para-hydroxylation sites is 1. The van der Waals surface area contributed by atoms with E-state index in [2.05, 4.69) is 17.2 Å². The minimum absolute atomic E-state index is 0.0902. The van der Waals surface area contributed by atoms with Crippen LogP contribution in [0.2, 0.25) is 0 Å². The van der Waals surface area contributed by atoms with Crippen molar-refractivity contribution in [3.63, 3.8) is 0 Å². The molecule has 0 spiro atoms. The van der Waals surface area contributed by atoms with E-state index in [4.69, 9.17) is 4.98 Å². The first-order valence-electron chi connectivity index (χ1n) is 7.82. The molecule has 1 amide bonds. The van der Waals surface area contributed by atoms with Crippen molar-refractivity contribution in [1.29, 1.82) is 0 Å². The van der Waals surface area contributed by atoms with Gasteiger partial charge < -0.3 is 10.3 Å². The Morgan fingerprint density at radius 2 is 2.13 bits per heavy atom. The molecular weight excluding hydrogens is 306 g/mol. The van der Waals surface area contributed by atoms with Crippen LogP contribution in [0.3, 0.4) is 0 Å². The number of aryl methyl sites for hydroxylation is 3. The topological polar surface area (TPSA) is 57.8 Å². The second-order valence-electron chi connectivity index (χ2n) is 5.61. The predicted molar refractivity (Wildman–Crippen MR) is 93.1 cm³/mol. The minimum atomic E-state index is -0.0902. The van der Waals surface area contributed by atoms with Crippen molar-refractivity contribution in [2.24, 2.45) is 0 Å². The summed E-state index contributed by atoms with van der Waals surface area (Å²) >= 11 is 1.77. The van der Waals surface area contributed by atoms with Gasteiger partial charge in [0.25, 0.3) is 5.91 Å². The average molecular weight is 323 g/mol. The number of fused-ring (bicyclic) bond motifs is 3. The van der Waals surface area contributed by atoms with E-state index in [-0.39, 0.29) is 5.91 Å². The van der Waals surface area contributed by atoms with Crippen molar-refractivity contribution in [1.82, 2.24) is 9.97 Å². The van der Waals surface area contributed by atoms with E-state index in [0.717, 1.165) is 46.9 Å². The maximum atomic E-state index is 12.7. The number of nitrogens with zero attached hydrogens (tertiary/aromatic N) is 1. The van der Waals surface area contributed by atoms with Gasteiger partial charge in [0.05, 0.1) is 16.3 Å². The number of nitrogens with one attached hydrogen (secondary N) is 2. The van der Waals surface area contributed by atoms with Crippen LogP contribution in [0.5, 0.6) is 0 Å². The molecule has 0 saturated heterocycles. The largest absolute Gasteiger partial charge is 0.364 e. The van der Waals surface area contributed by atoms with Gasteiger partial charge in [0.15, 0.2) is 0 Å². The number of hydrogen-bond donors (Lipinski definition) is 2. The van der Waals surface area contributed by atoms with Crippen LogP contribution in [0.4, 0.5) is 5.69 Å². The maximum absolute atomic E-state index is 12.7. The number of thiazole rings is 1. The Balaban J connectivity index is 1.72. The van der Waals surface area contributed by atoms with E-state index in [9.17, 15) is 4.79 Å². The van der Waals surface area contributed by atoms with E-state index in [0.29, 0.717) is 5.56 Å². The van der Waals surface area contributed by atoms with Gasteiger partial charge in [-0.15, -0.1) is 11.3 Å². The molecule has 4 nitrogen and oxygen atoms in total. The zero-order valence-corrected chi connectivity index (χ0v) is 13.7. The number of aromatic amines is 1. The summed E-state index contributed by atoms with van der Waals surface area (Å²) in [6.07, 6.45) is 4.68. The first-order valence-corrected chi connectivity index (χ1v) is 8.63. The fraction of sp³-hybridized carbons (Fsp3) is 0.222. The number of amides is 1. The first kappa shape index (κ1) is 14.2. The van der Waals surface area contributed by atoms with Gasteiger partial charge in [-0.25, -0.2) is 4.98 Å². The summed E-state index contributed by atoms with van der Waals surface area (Å²) in [5.41, 5.74) is 4.57. The molecule has 0 bridgehead atoms. The summed E-state index contributed by atoms with van der Waals surface area (Å²) in [4.78, 5) is 22.0. The molecule has 0 unspecified atom stereocenters. The zero-order chi connectivity index (χ0) is 15.8. The monoisotopic (exact) mass is 323 g/mol. The minimum Gasteiger partial charge on any atom is -0.364 e. The van der Waals surface area contributed by atoms with Crippen LogP contribution in [0.15, 0.2) is 36.5 Å². The van der Waals surface area contributed by atoms with Gasteiger partial charge in [-0.05, 0) is 31.4 Å². The van der Waals surface area contributed by atoms with E-state index < -0.39 is 0 Å². The molecule has 0 aliphatic heterocycles. The number of H-pyrrole nitrogens is 1.